The van der Waals surface area contributed by atoms with Crippen LogP contribution in [0.3, 0.4) is 0 Å². The lowest BCUT2D eigenvalue weighted by Crippen LogP contribution is -2.00. The maximum absolute atomic E-state index is 6.22. The minimum absolute atomic E-state index is 0.293. The van der Waals surface area contributed by atoms with Gasteiger partial charge in [-0.25, -0.2) is 0 Å². The van der Waals surface area contributed by atoms with E-state index >= 15 is 0 Å². The van der Waals surface area contributed by atoms with Crippen LogP contribution in [-0.4, -0.2) is 13.3 Å². The first kappa shape index (κ1) is 20.7. The summed E-state index contributed by atoms with van der Waals surface area (Å²) in [6.07, 6.45) is 1.80. The van der Waals surface area contributed by atoms with Crippen LogP contribution in [-0.2, 0) is 6.61 Å². The van der Waals surface area contributed by atoms with Crippen molar-refractivity contribution < 1.29 is 9.47 Å². The monoisotopic (exact) mass is 477 g/mol. The molecule has 144 valence electrons. The predicted octanol–water partition coefficient (Wildman–Crippen LogP) is 7.40. The molecule has 0 N–H and O–H groups in total. The average molecular weight is 479 g/mol. The maximum Gasteiger partial charge on any atom is 0.175 e. The van der Waals surface area contributed by atoms with Crippen molar-refractivity contribution in [1.82, 2.24) is 0 Å². The fourth-order valence-electron chi connectivity index (χ4n) is 2.60. The Morgan fingerprint density at radius 1 is 1.07 bits per heavy atom. The molecule has 0 heterocycles. The van der Waals surface area contributed by atoms with Gasteiger partial charge in [0.05, 0.1) is 17.3 Å². The second-order valence-electron chi connectivity index (χ2n) is 6.10. The third-order valence-electron chi connectivity index (χ3n) is 4.11. The van der Waals surface area contributed by atoms with Crippen LogP contribution in [0.2, 0.25) is 10.0 Å². The van der Waals surface area contributed by atoms with E-state index in [1.165, 1.54) is 0 Å². The van der Waals surface area contributed by atoms with Crippen LogP contribution >= 0.6 is 39.1 Å². The molecule has 3 aromatic carbocycles. The lowest BCUT2D eigenvalue weighted by atomic mass is 10.2. The van der Waals surface area contributed by atoms with Gasteiger partial charge in [0.2, 0.25) is 0 Å². The number of hydrogen-bond donors (Lipinski definition) is 0. The second-order valence-corrected chi connectivity index (χ2v) is 7.80. The van der Waals surface area contributed by atoms with Crippen LogP contribution in [0.5, 0.6) is 11.5 Å². The van der Waals surface area contributed by atoms with Gasteiger partial charge in [-0.05, 0) is 64.3 Å². The number of halogens is 3. The molecule has 28 heavy (non-hydrogen) atoms. The number of rotatable bonds is 6. The number of aliphatic imine (C=N–C) groups is 1. The topological polar surface area (TPSA) is 30.8 Å². The molecule has 0 atom stereocenters. The Morgan fingerprint density at radius 2 is 1.86 bits per heavy atom. The van der Waals surface area contributed by atoms with Gasteiger partial charge in [0.15, 0.2) is 11.5 Å². The Labute approximate surface area is 183 Å². The van der Waals surface area contributed by atoms with Gasteiger partial charge in [-0.2, -0.15) is 0 Å². The third kappa shape index (κ3) is 5.07. The predicted molar refractivity (Wildman–Crippen MR) is 120 cm³/mol. The summed E-state index contributed by atoms with van der Waals surface area (Å²) < 4.78 is 12.2. The zero-order valence-corrected chi connectivity index (χ0v) is 18.5. The van der Waals surface area contributed by atoms with Gasteiger partial charge in [-0.1, -0.05) is 47.5 Å². The Balaban J connectivity index is 1.82. The molecule has 0 amide bonds. The number of methoxy groups -OCH3 is 1. The number of aryl methyl sites for hydroxylation is 1. The van der Waals surface area contributed by atoms with Crippen molar-refractivity contribution in [1.29, 1.82) is 0 Å². The lowest BCUT2D eigenvalue weighted by molar-refractivity contribution is 0.282. The van der Waals surface area contributed by atoms with E-state index in [4.69, 9.17) is 32.7 Å². The minimum Gasteiger partial charge on any atom is -0.493 e. The van der Waals surface area contributed by atoms with Crippen LogP contribution in [0, 0.1) is 6.92 Å². The highest BCUT2D eigenvalue weighted by Gasteiger charge is 2.12. The molecular formula is C22H18BrCl2NO2. The quantitative estimate of drug-likeness (QED) is 0.345. The van der Waals surface area contributed by atoms with Crippen molar-refractivity contribution in [3.05, 3.63) is 85.8 Å². The molecule has 0 radical (unpaired) electrons. The van der Waals surface area contributed by atoms with Crippen LogP contribution < -0.4 is 9.47 Å². The first-order valence-electron chi connectivity index (χ1n) is 8.52. The van der Waals surface area contributed by atoms with Gasteiger partial charge in [-0.15, -0.1) is 0 Å². The van der Waals surface area contributed by atoms with Crippen molar-refractivity contribution >= 4 is 51.0 Å². The van der Waals surface area contributed by atoms with Crippen molar-refractivity contribution in [2.45, 2.75) is 13.5 Å². The summed E-state index contributed by atoms with van der Waals surface area (Å²) in [5, 5.41) is 1.15. The molecule has 0 aliphatic heterocycles. The number of para-hydroxylation sites is 1. The smallest absolute Gasteiger partial charge is 0.175 e. The molecule has 0 saturated heterocycles. The van der Waals surface area contributed by atoms with Crippen LogP contribution in [0.15, 0.2) is 64.1 Å². The highest BCUT2D eigenvalue weighted by molar-refractivity contribution is 9.10. The molecule has 3 nitrogen and oxygen atoms in total. The van der Waals surface area contributed by atoms with Crippen molar-refractivity contribution in [3.8, 4) is 11.5 Å². The van der Waals surface area contributed by atoms with Gasteiger partial charge < -0.3 is 9.47 Å². The van der Waals surface area contributed by atoms with Gasteiger partial charge in [0.1, 0.15) is 6.61 Å². The molecule has 0 aliphatic rings. The van der Waals surface area contributed by atoms with Crippen LogP contribution in [0.1, 0.15) is 16.7 Å². The molecule has 3 rings (SSSR count). The van der Waals surface area contributed by atoms with E-state index < -0.39 is 0 Å². The molecule has 6 heteroatoms. The fourth-order valence-corrected chi connectivity index (χ4v) is 3.63. The van der Waals surface area contributed by atoms with Gasteiger partial charge in [-0.3, -0.25) is 4.99 Å². The molecule has 0 unspecified atom stereocenters. The Morgan fingerprint density at radius 3 is 2.57 bits per heavy atom. The number of hydrogen-bond acceptors (Lipinski definition) is 3. The summed E-state index contributed by atoms with van der Waals surface area (Å²) in [5.74, 6) is 1.20. The Kier molecular flexibility index (Phi) is 7.00. The Bertz CT molecular complexity index is 1020. The third-order valence-corrected chi connectivity index (χ3v) is 5.28. The maximum atomic E-state index is 6.22. The average Bonchev–Trinajstić information content (AvgIpc) is 2.67. The van der Waals surface area contributed by atoms with Gasteiger partial charge >= 0.3 is 0 Å². The highest BCUT2D eigenvalue weighted by Crippen LogP contribution is 2.37. The SMILES string of the molecule is COc1cc(C=Nc2ccccc2C)cc(Br)c1OCc1ccc(Cl)cc1Cl. The molecule has 0 bridgehead atoms. The first-order chi connectivity index (χ1) is 13.5. The van der Waals surface area contributed by atoms with E-state index in [1.54, 1.807) is 25.5 Å². The summed E-state index contributed by atoms with van der Waals surface area (Å²) >= 11 is 15.7. The molecule has 0 saturated carbocycles. The van der Waals surface area contributed by atoms with E-state index in [0.29, 0.717) is 28.2 Å². The minimum atomic E-state index is 0.293. The van der Waals surface area contributed by atoms with Crippen molar-refractivity contribution in [2.24, 2.45) is 4.99 Å². The number of benzene rings is 3. The zero-order chi connectivity index (χ0) is 20.1. The summed E-state index contributed by atoms with van der Waals surface area (Å²) in [7, 11) is 1.60. The number of ether oxygens (including phenoxy) is 2. The number of nitrogens with zero attached hydrogens (tertiary/aromatic N) is 1. The summed E-state index contributed by atoms with van der Waals surface area (Å²) in [5.41, 5.74) is 3.77. The van der Waals surface area contributed by atoms with Crippen molar-refractivity contribution in [2.75, 3.05) is 7.11 Å². The molecule has 0 aromatic heterocycles. The van der Waals surface area contributed by atoms with Crippen molar-refractivity contribution in [3.63, 3.8) is 0 Å². The zero-order valence-electron chi connectivity index (χ0n) is 15.4. The lowest BCUT2D eigenvalue weighted by Gasteiger charge is -2.14. The summed E-state index contributed by atoms with van der Waals surface area (Å²) in [6.45, 7) is 2.32. The van der Waals surface area contributed by atoms with Gasteiger partial charge in [0, 0.05) is 21.8 Å². The summed E-state index contributed by atoms with van der Waals surface area (Å²) in [6, 6.07) is 17.1. The first-order valence-corrected chi connectivity index (χ1v) is 10.1. The largest absolute Gasteiger partial charge is 0.493 e. The molecule has 0 aliphatic carbocycles. The highest BCUT2D eigenvalue weighted by atomic mass is 79.9. The van der Waals surface area contributed by atoms with Crippen LogP contribution in [0.25, 0.3) is 0 Å². The van der Waals surface area contributed by atoms with Crippen LogP contribution in [0.4, 0.5) is 5.69 Å². The fraction of sp³-hybridized carbons (Fsp3) is 0.136. The molecular weight excluding hydrogens is 461 g/mol. The van der Waals surface area contributed by atoms with E-state index in [0.717, 1.165) is 26.9 Å². The normalized spacial score (nSPS) is 11.0. The van der Waals surface area contributed by atoms with Gasteiger partial charge in [0.25, 0.3) is 0 Å². The van der Waals surface area contributed by atoms with E-state index in [9.17, 15) is 0 Å². The molecule has 0 spiro atoms. The Hall–Kier alpha value is -2.01. The molecule has 0 fully saturated rings. The summed E-state index contributed by atoms with van der Waals surface area (Å²) in [4.78, 5) is 4.56. The second kappa shape index (κ2) is 9.46. The van der Waals surface area contributed by atoms with E-state index in [1.807, 2.05) is 49.4 Å². The standard InChI is InChI=1S/C22H18BrCl2NO2/c1-14-5-3-4-6-20(14)26-12-15-9-18(23)22(21(10-15)27-2)28-13-16-7-8-17(24)11-19(16)25/h3-12H,13H2,1-2H3. The molecule has 3 aromatic rings. The van der Waals surface area contributed by atoms with E-state index in [2.05, 4.69) is 20.9 Å². The van der Waals surface area contributed by atoms with E-state index in [-0.39, 0.29) is 0 Å².